The molecule has 0 radical (unpaired) electrons. The second-order valence-electron chi connectivity index (χ2n) is 8.30. The van der Waals surface area contributed by atoms with Gasteiger partial charge in [0.25, 0.3) is 5.91 Å². The molecule has 2 heterocycles. The minimum absolute atomic E-state index is 0.0314. The van der Waals surface area contributed by atoms with Crippen molar-refractivity contribution in [3.63, 3.8) is 0 Å². The van der Waals surface area contributed by atoms with Gasteiger partial charge in [-0.3, -0.25) is 14.9 Å². The number of nitrogens with zero attached hydrogens (tertiary/aromatic N) is 2. The molecule has 0 aromatic heterocycles. The SMILES string of the molecule is COCC1(CC(C)C(=O)N2CCN(c3cc(F)c(Cl)c(OC)c3)[C@@H](C)C2)NC(=O)NC1=O. The average Bonchev–Trinajstić information content (AvgIpc) is 3.01. The van der Waals surface area contributed by atoms with Gasteiger partial charge in [-0.2, -0.15) is 0 Å². The number of carbonyl (C=O) groups excluding carboxylic acids is 3. The number of rotatable bonds is 7. The number of amides is 4. The summed E-state index contributed by atoms with van der Waals surface area (Å²) in [6.45, 7) is 4.98. The molecule has 1 aromatic carbocycles. The van der Waals surface area contributed by atoms with Gasteiger partial charge in [0, 0.05) is 50.5 Å². The number of piperazine rings is 1. The number of carbonyl (C=O) groups is 3. The summed E-state index contributed by atoms with van der Waals surface area (Å²) in [6, 6.07) is 2.35. The normalized spacial score (nSPS) is 24.2. The van der Waals surface area contributed by atoms with Crippen molar-refractivity contribution < 1.29 is 28.2 Å². The van der Waals surface area contributed by atoms with E-state index in [9.17, 15) is 18.8 Å². The van der Waals surface area contributed by atoms with E-state index in [1.165, 1.54) is 20.3 Å². The molecule has 2 N–H and O–H groups in total. The second kappa shape index (κ2) is 9.50. The van der Waals surface area contributed by atoms with Crippen molar-refractivity contribution in [2.75, 3.05) is 45.4 Å². The largest absolute Gasteiger partial charge is 0.495 e. The van der Waals surface area contributed by atoms with Gasteiger partial charge in [0.05, 0.1) is 13.7 Å². The van der Waals surface area contributed by atoms with E-state index in [0.717, 1.165) is 0 Å². The molecule has 1 aromatic rings. The number of hydrogen-bond donors (Lipinski definition) is 2. The Morgan fingerprint density at radius 1 is 1.34 bits per heavy atom. The van der Waals surface area contributed by atoms with E-state index in [2.05, 4.69) is 10.6 Å². The molecular formula is C21H28ClFN4O5. The fourth-order valence-corrected chi connectivity index (χ4v) is 4.59. The van der Waals surface area contributed by atoms with Crippen molar-refractivity contribution in [2.24, 2.45) is 5.92 Å². The zero-order chi connectivity index (χ0) is 23.6. The fourth-order valence-electron chi connectivity index (χ4n) is 4.41. The van der Waals surface area contributed by atoms with E-state index in [1.807, 2.05) is 11.8 Å². The molecule has 2 fully saturated rings. The number of nitrogens with one attached hydrogen (secondary N) is 2. The van der Waals surface area contributed by atoms with Crippen molar-refractivity contribution in [3.8, 4) is 5.75 Å². The minimum atomic E-state index is -1.27. The van der Waals surface area contributed by atoms with Gasteiger partial charge >= 0.3 is 6.03 Å². The molecule has 11 heteroatoms. The molecule has 9 nitrogen and oxygen atoms in total. The van der Waals surface area contributed by atoms with Crippen LogP contribution in [0, 0.1) is 11.7 Å². The third-order valence-corrected chi connectivity index (χ3v) is 6.32. The summed E-state index contributed by atoms with van der Waals surface area (Å²) in [5.41, 5.74) is -0.646. The number of anilines is 1. The predicted molar refractivity (Wildman–Crippen MR) is 116 cm³/mol. The lowest BCUT2D eigenvalue weighted by molar-refractivity contribution is -0.137. The van der Waals surface area contributed by atoms with E-state index in [0.29, 0.717) is 25.3 Å². The molecule has 0 spiro atoms. The standard InChI is InChI=1S/C21H28ClFN4O5/c1-12(9-21(11-31-3)19(29)24-20(30)25-21)18(28)26-5-6-27(13(2)10-26)14-7-15(23)17(22)16(8-14)32-4/h7-8,12-13H,5-6,9-11H2,1-4H3,(H2,24,25,29,30)/t12?,13-,21?/m0/s1. The summed E-state index contributed by atoms with van der Waals surface area (Å²) < 4.78 is 24.5. The number of ether oxygens (including phenoxy) is 2. The van der Waals surface area contributed by atoms with Gasteiger partial charge in [0.1, 0.15) is 22.1 Å². The molecule has 2 aliphatic heterocycles. The zero-order valence-electron chi connectivity index (χ0n) is 18.5. The van der Waals surface area contributed by atoms with E-state index >= 15 is 0 Å². The molecule has 32 heavy (non-hydrogen) atoms. The molecular weight excluding hydrogens is 443 g/mol. The van der Waals surface area contributed by atoms with Gasteiger partial charge in [0.15, 0.2) is 0 Å². The smallest absolute Gasteiger partial charge is 0.322 e. The van der Waals surface area contributed by atoms with Crippen LogP contribution in [-0.4, -0.2) is 74.8 Å². The maximum atomic E-state index is 14.2. The molecule has 2 saturated heterocycles. The van der Waals surface area contributed by atoms with Crippen molar-refractivity contribution >= 4 is 35.1 Å². The van der Waals surface area contributed by atoms with Crippen LogP contribution in [0.5, 0.6) is 5.75 Å². The minimum Gasteiger partial charge on any atom is -0.495 e. The Morgan fingerprint density at radius 3 is 2.62 bits per heavy atom. The Kier molecular flexibility index (Phi) is 7.14. The molecule has 0 saturated carbocycles. The van der Waals surface area contributed by atoms with Crippen LogP contribution in [0.3, 0.4) is 0 Å². The van der Waals surface area contributed by atoms with Gasteiger partial charge in [-0.05, 0) is 19.4 Å². The Bertz CT molecular complexity index is 916. The fraction of sp³-hybridized carbons (Fsp3) is 0.571. The van der Waals surface area contributed by atoms with Crippen LogP contribution < -0.4 is 20.3 Å². The number of urea groups is 1. The van der Waals surface area contributed by atoms with E-state index < -0.39 is 29.2 Å². The topological polar surface area (TPSA) is 100 Å². The molecule has 4 amide bonds. The number of methoxy groups -OCH3 is 2. The van der Waals surface area contributed by atoms with Crippen LogP contribution in [0.2, 0.25) is 5.02 Å². The highest BCUT2D eigenvalue weighted by Crippen LogP contribution is 2.34. The first-order valence-corrected chi connectivity index (χ1v) is 10.7. The quantitative estimate of drug-likeness (QED) is 0.589. The van der Waals surface area contributed by atoms with Crippen LogP contribution >= 0.6 is 11.6 Å². The van der Waals surface area contributed by atoms with Crippen molar-refractivity contribution in [1.82, 2.24) is 15.5 Å². The van der Waals surface area contributed by atoms with Gasteiger partial charge < -0.3 is 24.6 Å². The lowest BCUT2D eigenvalue weighted by Gasteiger charge is -2.42. The molecule has 2 unspecified atom stereocenters. The number of hydrogen-bond acceptors (Lipinski definition) is 6. The van der Waals surface area contributed by atoms with Gasteiger partial charge in [-0.1, -0.05) is 18.5 Å². The van der Waals surface area contributed by atoms with E-state index in [4.69, 9.17) is 21.1 Å². The lowest BCUT2D eigenvalue weighted by atomic mass is 9.87. The highest BCUT2D eigenvalue weighted by atomic mass is 35.5. The maximum absolute atomic E-state index is 14.2. The molecule has 3 rings (SSSR count). The van der Waals surface area contributed by atoms with Crippen molar-refractivity contribution in [1.29, 1.82) is 0 Å². The zero-order valence-corrected chi connectivity index (χ0v) is 19.3. The monoisotopic (exact) mass is 470 g/mol. The summed E-state index contributed by atoms with van der Waals surface area (Å²) in [4.78, 5) is 40.8. The third-order valence-electron chi connectivity index (χ3n) is 5.95. The number of benzene rings is 1. The van der Waals surface area contributed by atoms with Crippen molar-refractivity contribution in [3.05, 3.63) is 23.0 Å². The first-order chi connectivity index (χ1) is 15.1. The molecule has 176 valence electrons. The van der Waals surface area contributed by atoms with Crippen LogP contribution in [0.25, 0.3) is 0 Å². The average molecular weight is 471 g/mol. The molecule has 0 aliphatic carbocycles. The van der Waals surface area contributed by atoms with Gasteiger partial charge in [-0.15, -0.1) is 0 Å². The highest BCUT2D eigenvalue weighted by molar-refractivity contribution is 6.32. The Hall–Kier alpha value is -2.59. The Balaban J connectivity index is 1.68. The third kappa shape index (κ3) is 4.61. The summed E-state index contributed by atoms with van der Waals surface area (Å²) in [7, 11) is 2.86. The van der Waals surface area contributed by atoms with Gasteiger partial charge in [0.2, 0.25) is 5.91 Å². The van der Waals surface area contributed by atoms with Gasteiger partial charge in [-0.25, -0.2) is 9.18 Å². The molecule has 3 atom stereocenters. The summed E-state index contributed by atoms with van der Waals surface area (Å²) >= 11 is 5.93. The maximum Gasteiger partial charge on any atom is 0.322 e. The van der Waals surface area contributed by atoms with Crippen LogP contribution in [0.15, 0.2) is 12.1 Å². The van der Waals surface area contributed by atoms with E-state index in [-0.39, 0.29) is 35.7 Å². The summed E-state index contributed by atoms with van der Waals surface area (Å²) in [6.07, 6.45) is 0.117. The Labute approximate surface area is 191 Å². The highest BCUT2D eigenvalue weighted by Gasteiger charge is 2.48. The summed E-state index contributed by atoms with van der Waals surface area (Å²) in [5.74, 6) is -1.47. The Morgan fingerprint density at radius 2 is 2.06 bits per heavy atom. The van der Waals surface area contributed by atoms with E-state index in [1.54, 1.807) is 17.9 Å². The molecule has 2 aliphatic rings. The van der Waals surface area contributed by atoms with Crippen LogP contribution in [0.1, 0.15) is 20.3 Å². The predicted octanol–water partition coefficient (Wildman–Crippen LogP) is 1.78. The van der Waals surface area contributed by atoms with Crippen LogP contribution in [-0.2, 0) is 14.3 Å². The first-order valence-electron chi connectivity index (χ1n) is 10.3. The second-order valence-corrected chi connectivity index (χ2v) is 8.68. The lowest BCUT2D eigenvalue weighted by Crippen LogP contribution is -2.57. The summed E-state index contributed by atoms with van der Waals surface area (Å²) in [5, 5.41) is 4.75. The first kappa shape index (κ1) is 24.1. The number of imide groups is 1. The van der Waals surface area contributed by atoms with Crippen LogP contribution in [0.4, 0.5) is 14.9 Å². The number of halogens is 2. The molecule has 0 bridgehead atoms. The van der Waals surface area contributed by atoms with Crippen molar-refractivity contribution in [2.45, 2.75) is 31.8 Å².